The summed E-state index contributed by atoms with van der Waals surface area (Å²) >= 11 is 0. The zero-order valence-corrected chi connectivity index (χ0v) is 17.9. The third-order valence-electron chi connectivity index (χ3n) is 6.51. The Bertz CT molecular complexity index is 1190. The zero-order valence-electron chi connectivity index (χ0n) is 17.9. The second-order valence-electron chi connectivity index (χ2n) is 8.74. The van der Waals surface area contributed by atoms with E-state index >= 15 is 0 Å². The van der Waals surface area contributed by atoms with Crippen molar-refractivity contribution in [3.8, 4) is 5.75 Å². The van der Waals surface area contributed by atoms with Gasteiger partial charge in [0.15, 0.2) is 0 Å². The maximum absolute atomic E-state index is 13.2. The Morgan fingerprint density at radius 1 is 1.21 bits per heavy atom. The van der Waals surface area contributed by atoms with Crippen molar-refractivity contribution < 1.29 is 27.5 Å². The Morgan fingerprint density at radius 2 is 2.00 bits per heavy atom. The number of halogens is 3. The number of amides is 3. The number of carbonyl (C=O) groups excluding carboxylic acids is 2. The first-order chi connectivity index (χ1) is 15.6. The number of nitrogens with one attached hydrogen (secondary N) is 2. The fourth-order valence-electron chi connectivity index (χ4n) is 4.58. The molecule has 0 aromatic heterocycles. The van der Waals surface area contributed by atoms with Crippen molar-refractivity contribution in [1.29, 1.82) is 0 Å². The van der Waals surface area contributed by atoms with E-state index in [0.717, 1.165) is 37.0 Å². The van der Waals surface area contributed by atoms with E-state index in [2.05, 4.69) is 10.6 Å². The van der Waals surface area contributed by atoms with E-state index in [1.165, 1.54) is 17.0 Å². The molecule has 9 heteroatoms. The highest BCUT2D eigenvalue weighted by atomic mass is 19.4. The first kappa shape index (κ1) is 21.4. The highest BCUT2D eigenvalue weighted by molar-refractivity contribution is 6.05. The van der Waals surface area contributed by atoms with Gasteiger partial charge in [-0.05, 0) is 54.7 Å². The maximum Gasteiger partial charge on any atom is 0.416 e. The van der Waals surface area contributed by atoms with E-state index in [0.29, 0.717) is 35.5 Å². The van der Waals surface area contributed by atoms with Crippen molar-refractivity contribution in [3.05, 3.63) is 59.2 Å². The molecule has 33 heavy (non-hydrogen) atoms. The smallest absolute Gasteiger partial charge is 0.416 e. The molecule has 1 fully saturated rings. The molecule has 0 radical (unpaired) electrons. The van der Waals surface area contributed by atoms with Crippen LogP contribution in [-0.2, 0) is 17.5 Å². The van der Waals surface area contributed by atoms with Gasteiger partial charge in [0.1, 0.15) is 11.4 Å². The van der Waals surface area contributed by atoms with Gasteiger partial charge in [-0.3, -0.25) is 9.69 Å². The Hall–Kier alpha value is -3.49. The van der Waals surface area contributed by atoms with Crippen molar-refractivity contribution in [3.63, 3.8) is 0 Å². The van der Waals surface area contributed by atoms with Gasteiger partial charge in [0.2, 0.25) is 5.91 Å². The predicted molar refractivity (Wildman–Crippen MR) is 117 cm³/mol. The summed E-state index contributed by atoms with van der Waals surface area (Å²) in [4.78, 5) is 26.2. The number of benzene rings is 2. The lowest BCUT2D eigenvalue weighted by atomic mass is 9.72. The first-order valence-corrected chi connectivity index (χ1v) is 10.7. The molecule has 0 atom stereocenters. The van der Waals surface area contributed by atoms with Crippen LogP contribution in [0.2, 0.25) is 0 Å². The minimum Gasteiger partial charge on any atom is -0.486 e. The number of carbonyl (C=O) groups is 2. The Labute approximate surface area is 188 Å². The van der Waals surface area contributed by atoms with E-state index in [4.69, 9.17) is 4.74 Å². The van der Waals surface area contributed by atoms with E-state index < -0.39 is 23.2 Å². The standard InChI is InChI=1S/C24H22F3N3O3/c1-30-19-11-17(5-3-14(19)13-28-22(30)32)29-21(31)9-15-12-23(7-2-8-23)33-20-10-16(24(25,26)27)4-6-18(15)20/h3-6,9-11H,2,7-8,12-13H2,1H3,(H,28,32)(H,29,31)/b15-9+. The van der Waals surface area contributed by atoms with Gasteiger partial charge in [0.05, 0.1) is 11.3 Å². The normalized spacial score (nSPS) is 19.8. The summed E-state index contributed by atoms with van der Waals surface area (Å²) in [6.45, 7) is 0.412. The van der Waals surface area contributed by atoms with E-state index in [-0.39, 0.29) is 11.8 Å². The van der Waals surface area contributed by atoms with Gasteiger partial charge in [0.25, 0.3) is 0 Å². The zero-order chi connectivity index (χ0) is 23.4. The molecular formula is C24H22F3N3O3. The van der Waals surface area contributed by atoms with Gasteiger partial charge in [0, 0.05) is 37.3 Å². The molecule has 6 nitrogen and oxygen atoms in total. The van der Waals surface area contributed by atoms with Gasteiger partial charge in [-0.2, -0.15) is 13.2 Å². The van der Waals surface area contributed by atoms with Crippen molar-refractivity contribution >= 4 is 28.9 Å². The number of hydrogen-bond acceptors (Lipinski definition) is 3. The summed E-state index contributed by atoms with van der Waals surface area (Å²) in [5, 5.41) is 5.56. The molecule has 172 valence electrons. The van der Waals surface area contributed by atoms with Gasteiger partial charge in [-0.15, -0.1) is 0 Å². The van der Waals surface area contributed by atoms with Crippen LogP contribution in [0.1, 0.15) is 42.4 Å². The highest BCUT2D eigenvalue weighted by Crippen LogP contribution is 2.50. The quantitative estimate of drug-likeness (QED) is 0.617. The second kappa shape index (κ2) is 7.54. The second-order valence-corrected chi connectivity index (χ2v) is 8.74. The number of ether oxygens (including phenoxy) is 1. The number of urea groups is 1. The number of nitrogens with zero attached hydrogens (tertiary/aromatic N) is 1. The summed E-state index contributed by atoms with van der Waals surface area (Å²) in [5.74, 6) is -0.230. The summed E-state index contributed by atoms with van der Waals surface area (Å²) < 4.78 is 45.6. The van der Waals surface area contributed by atoms with Crippen molar-refractivity contribution in [2.75, 3.05) is 17.3 Å². The third-order valence-corrected chi connectivity index (χ3v) is 6.51. The van der Waals surface area contributed by atoms with Crippen LogP contribution in [0.3, 0.4) is 0 Å². The molecule has 1 saturated carbocycles. The molecule has 3 aliphatic rings. The topological polar surface area (TPSA) is 70.7 Å². The fraction of sp³-hybridized carbons (Fsp3) is 0.333. The van der Waals surface area contributed by atoms with Crippen molar-refractivity contribution in [1.82, 2.24) is 5.32 Å². The molecule has 5 rings (SSSR count). The number of alkyl halides is 3. The molecule has 0 unspecified atom stereocenters. The van der Waals surface area contributed by atoms with Crippen LogP contribution in [0.15, 0.2) is 42.5 Å². The van der Waals surface area contributed by atoms with Crippen LogP contribution in [0.5, 0.6) is 5.75 Å². The number of anilines is 2. The molecule has 0 saturated heterocycles. The molecule has 2 heterocycles. The molecular weight excluding hydrogens is 435 g/mol. The Kier molecular flexibility index (Phi) is 4.88. The average Bonchev–Trinajstić information content (AvgIpc) is 2.74. The lowest BCUT2D eigenvalue weighted by Gasteiger charge is -2.46. The average molecular weight is 457 g/mol. The van der Waals surface area contributed by atoms with Crippen LogP contribution in [0, 0.1) is 0 Å². The van der Waals surface area contributed by atoms with E-state index in [1.54, 1.807) is 19.2 Å². The Morgan fingerprint density at radius 3 is 2.70 bits per heavy atom. The van der Waals surface area contributed by atoms with Crippen LogP contribution < -0.4 is 20.3 Å². The van der Waals surface area contributed by atoms with Gasteiger partial charge < -0.3 is 15.4 Å². The molecule has 2 N–H and O–H groups in total. The summed E-state index contributed by atoms with van der Waals surface area (Å²) in [6.07, 6.45) is -0.164. The Balaban J connectivity index is 1.43. The highest BCUT2D eigenvalue weighted by Gasteiger charge is 2.44. The van der Waals surface area contributed by atoms with E-state index in [1.807, 2.05) is 6.07 Å². The lowest BCUT2D eigenvalue weighted by Crippen LogP contribution is -2.45. The third kappa shape index (κ3) is 3.92. The summed E-state index contributed by atoms with van der Waals surface area (Å²) in [7, 11) is 1.65. The monoisotopic (exact) mass is 457 g/mol. The number of fused-ring (bicyclic) bond motifs is 2. The molecule has 2 aromatic carbocycles. The van der Waals surface area contributed by atoms with Crippen LogP contribution >= 0.6 is 0 Å². The first-order valence-electron chi connectivity index (χ1n) is 10.7. The molecule has 2 aromatic rings. The molecule has 3 amide bonds. The minimum atomic E-state index is -4.47. The molecule has 1 aliphatic carbocycles. The van der Waals surface area contributed by atoms with Crippen LogP contribution in [-0.4, -0.2) is 24.6 Å². The number of hydrogen-bond donors (Lipinski definition) is 2. The summed E-state index contributed by atoms with van der Waals surface area (Å²) in [6, 6.07) is 8.49. The van der Waals surface area contributed by atoms with E-state index in [9.17, 15) is 22.8 Å². The van der Waals surface area contributed by atoms with Crippen molar-refractivity contribution in [2.24, 2.45) is 0 Å². The molecule has 1 spiro atoms. The lowest BCUT2D eigenvalue weighted by molar-refractivity contribution is -0.138. The maximum atomic E-state index is 13.2. The predicted octanol–water partition coefficient (Wildman–Crippen LogP) is 5.09. The SMILES string of the molecule is CN1C(=O)NCc2ccc(NC(=O)/C=C3\CC4(CCC4)Oc4cc(C(F)(F)F)ccc43)cc21. The molecule has 0 bridgehead atoms. The number of rotatable bonds is 2. The van der Waals surface area contributed by atoms with Gasteiger partial charge in [-0.1, -0.05) is 12.1 Å². The minimum absolute atomic E-state index is 0.163. The van der Waals surface area contributed by atoms with Crippen molar-refractivity contribution in [2.45, 2.75) is 44.0 Å². The van der Waals surface area contributed by atoms with Crippen LogP contribution in [0.25, 0.3) is 5.57 Å². The van der Waals surface area contributed by atoms with Gasteiger partial charge >= 0.3 is 12.2 Å². The summed E-state index contributed by atoms with van der Waals surface area (Å²) in [5.41, 5.74) is 1.98. The van der Waals surface area contributed by atoms with Crippen LogP contribution in [0.4, 0.5) is 29.3 Å². The fourth-order valence-corrected chi connectivity index (χ4v) is 4.58. The van der Waals surface area contributed by atoms with Gasteiger partial charge in [-0.25, -0.2) is 4.79 Å². The largest absolute Gasteiger partial charge is 0.486 e. The molecule has 2 aliphatic heterocycles.